The normalized spacial score (nSPS) is 15.7. The number of hydrogen-bond donors (Lipinski definition) is 0. The number of allylic oxidation sites excluding steroid dienone is 1. The summed E-state index contributed by atoms with van der Waals surface area (Å²) in [5.74, 6) is 0. The molecule has 0 heterocycles. The molecular formula is C13H27IOSi. The average Bonchev–Trinajstić information content (AvgIpc) is 2.14. The van der Waals surface area contributed by atoms with Gasteiger partial charge in [-0.3, -0.25) is 0 Å². The van der Waals surface area contributed by atoms with Gasteiger partial charge in [0.2, 0.25) is 0 Å². The molecule has 0 aromatic rings. The van der Waals surface area contributed by atoms with E-state index in [1.54, 1.807) is 0 Å². The molecule has 0 fully saturated rings. The summed E-state index contributed by atoms with van der Waals surface area (Å²) in [6.45, 7) is 13.7. The maximum Gasteiger partial charge on any atom is 0.192 e. The molecule has 0 unspecified atom stereocenters. The Balaban J connectivity index is 4.42. The maximum atomic E-state index is 6.35. The van der Waals surface area contributed by atoms with Crippen molar-refractivity contribution in [3.8, 4) is 0 Å². The first-order valence-corrected chi connectivity index (χ1v) is 10.6. The van der Waals surface area contributed by atoms with Crippen molar-refractivity contribution < 1.29 is 4.43 Å². The lowest BCUT2D eigenvalue weighted by atomic mass is 10.2. The van der Waals surface area contributed by atoms with E-state index in [-0.39, 0.29) is 0 Å². The van der Waals surface area contributed by atoms with Gasteiger partial charge < -0.3 is 4.43 Å². The Labute approximate surface area is 116 Å². The van der Waals surface area contributed by atoms with Gasteiger partial charge in [-0.05, 0) is 31.0 Å². The van der Waals surface area contributed by atoms with E-state index in [2.05, 4.69) is 75.5 Å². The summed E-state index contributed by atoms with van der Waals surface area (Å²) >= 11 is 2.40. The quantitative estimate of drug-likeness (QED) is 0.277. The molecule has 0 aliphatic rings. The highest BCUT2D eigenvalue weighted by Gasteiger charge is 2.38. The van der Waals surface area contributed by atoms with Crippen LogP contribution in [0.25, 0.3) is 0 Å². The molecule has 0 aromatic heterocycles. The fourth-order valence-electron chi connectivity index (χ4n) is 1.12. The van der Waals surface area contributed by atoms with Crippen LogP contribution in [0.2, 0.25) is 18.1 Å². The predicted octanol–water partition coefficient (Wildman–Crippen LogP) is 5.17. The molecule has 0 spiro atoms. The summed E-state index contributed by atoms with van der Waals surface area (Å²) in [6, 6.07) is 0. The molecule has 16 heavy (non-hydrogen) atoms. The first-order chi connectivity index (χ1) is 7.24. The largest absolute Gasteiger partial charge is 0.411 e. The fourth-order valence-corrected chi connectivity index (χ4v) is 2.84. The molecule has 0 bridgehead atoms. The Morgan fingerprint density at radius 2 is 1.88 bits per heavy atom. The molecule has 0 rings (SSSR count). The van der Waals surface area contributed by atoms with Crippen LogP contribution in [0.1, 0.15) is 40.5 Å². The zero-order valence-electron chi connectivity index (χ0n) is 11.6. The van der Waals surface area contributed by atoms with Crippen LogP contribution in [0.15, 0.2) is 12.2 Å². The van der Waals surface area contributed by atoms with Crippen molar-refractivity contribution in [2.24, 2.45) is 0 Å². The number of rotatable bonds is 6. The third kappa shape index (κ3) is 5.82. The van der Waals surface area contributed by atoms with Crippen LogP contribution in [-0.2, 0) is 4.43 Å². The lowest BCUT2D eigenvalue weighted by Gasteiger charge is -2.38. The third-order valence-corrected chi connectivity index (χ3v) is 8.41. The van der Waals surface area contributed by atoms with Gasteiger partial charge >= 0.3 is 0 Å². The molecule has 0 saturated carbocycles. The van der Waals surface area contributed by atoms with Crippen molar-refractivity contribution in [1.29, 1.82) is 0 Å². The predicted molar refractivity (Wildman–Crippen MR) is 85.0 cm³/mol. The van der Waals surface area contributed by atoms with E-state index in [4.69, 9.17) is 4.43 Å². The number of halogens is 1. The Bertz CT molecular complexity index is 218. The second kappa shape index (κ2) is 7.16. The van der Waals surface area contributed by atoms with Crippen LogP contribution in [0.3, 0.4) is 0 Å². The Morgan fingerprint density at radius 3 is 2.25 bits per heavy atom. The molecule has 3 heteroatoms. The monoisotopic (exact) mass is 354 g/mol. The zero-order valence-corrected chi connectivity index (χ0v) is 14.8. The van der Waals surface area contributed by atoms with Gasteiger partial charge in [-0.1, -0.05) is 62.4 Å². The summed E-state index contributed by atoms with van der Waals surface area (Å²) in [4.78, 5) is 0. The summed E-state index contributed by atoms with van der Waals surface area (Å²) in [5, 5.41) is 0.303. The first-order valence-electron chi connectivity index (χ1n) is 6.15. The van der Waals surface area contributed by atoms with Crippen LogP contribution < -0.4 is 0 Å². The van der Waals surface area contributed by atoms with Crippen molar-refractivity contribution in [1.82, 2.24) is 0 Å². The van der Waals surface area contributed by atoms with Crippen LogP contribution in [0, 0.1) is 0 Å². The van der Waals surface area contributed by atoms with Crippen LogP contribution in [0.5, 0.6) is 0 Å². The molecular weight excluding hydrogens is 327 g/mol. The topological polar surface area (TPSA) is 9.23 Å². The molecule has 0 aliphatic heterocycles. The maximum absolute atomic E-state index is 6.35. The van der Waals surface area contributed by atoms with E-state index in [0.29, 0.717) is 11.1 Å². The van der Waals surface area contributed by atoms with E-state index >= 15 is 0 Å². The van der Waals surface area contributed by atoms with Gasteiger partial charge in [0.05, 0.1) is 6.10 Å². The highest BCUT2D eigenvalue weighted by Crippen LogP contribution is 2.37. The van der Waals surface area contributed by atoms with Crippen LogP contribution >= 0.6 is 22.6 Å². The molecule has 0 saturated heterocycles. The van der Waals surface area contributed by atoms with Crippen LogP contribution in [-0.4, -0.2) is 18.8 Å². The van der Waals surface area contributed by atoms with E-state index in [9.17, 15) is 0 Å². The van der Waals surface area contributed by atoms with Gasteiger partial charge in [0.15, 0.2) is 8.32 Å². The van der Waals surface area contributed by atoms with Gasteiger partial charge in [-0.15, -0.1) is 0 Å². The van der Waals surface area contributed by atoms with E-state index in [0.717, 1.165) is 12.8 Å². The van der Waals surface area contributed by atoms with Crippen molar-refractivity contribution >= 4 is 30.9 Å². The van der Waals surface area contributed by atoms with Gasteiger partial charge in [-0.2, -0.15) is 0 Å². The highest BCUT2D eigenvalue weighted by atomic mass is 127. The SMILES string of the molecule is CC[C@@H](C=CCCI)O[Si](C)(C)C(C)(C)C. The smallest absolute Gasteiger partial charge is 0.192 e. The van der Waals surface area contributed by atoms with E-state index in [1.165, 1.54) is 4.43 Å². The molecule has 0 aliphatic carbocycles. The standard InChI is InChI=1S/C13H27IOSi/c1-7-12(10-8-9-11-14)15-16(5,6)13(2,3)4/h8,10,12H,7,9,11H2,1-6H3/t12-/m0/s1. The van der Waals surface area contributed by atoms with Crippen molar-refractivity contribution in [3.63, 3.8) is 0 Å². The highest BCUT2D eigenvalue weighted by molar-refractivity contribution is 14.1. The van der Waals surface area contributed by atoms with E-state index < -0.39 is 8.32 Å². The average molecular weight is 354 g/mol. The second-order valence-corrected chi connectivity index (χ2v) is 11.6. The van der Waals surface area contributed by atoms with Gasteiger partial charge in [-0.25, -0.2) is 0 Å². The summed E-state index contributed by atoms with van der Waals surface area (Å²) in [7, 11) is -1.60. The molecule has 0 N–H and O–H groups in total. The van der Waals surface area contributed by atoms with Gasteiger partial charge in [0.1, 0.15) is 0 Å². The number of hydrogen-bond acceptors (Lipinski definition) is 1. The van der Waals surface area contributed by atoms with Crippen molar-refractivity contribution in [2.45, 2.75) is 64.8 Å². The lowest BCUT2D eigenvalue weighted by molar-refractivity contribution is 0.220. The molecule has 0 aromatic carbocycles. The Hall–Kier alpha value is 0.647. The Morgan fingerprint density at radius 1 is 1.31 bits per heavy atom. The van der Waals surface area contributed by atoms with Crippen molar-refractivity contribution in [2.75, 3.05) is 4.43 Å². The van der Waals surface area contributed by atoms with Gasteiger partial charge in [0, 0.05) is 4.43 Å². The summed E-state index contributed by atoms with van der Waals surface area (Å²) in [6.07, 6.45) is 7.04. The number of alkyl halides is 1. The molecule has 0 amide bonds. The minimum absolute atomic E-state index is 0.303. The van der Waals surface area contributed by atoms with Gasteiger partial charge in [0.25, 0.3) is 0 Å². The fraction of sp³-hybridized carbons (Fsp3) is 0.846. The first kappa shape index (κ1) is 16.6. The molecule has 96 valence electrons. The summed E-state index contributed by atoms with van der Waals surface area (Å²) in [5.41, 5.74) is 0. The van der Waals surface area contributed by atoms with Crippen LogP contribution in [0.4, 0.5) is 0 Å². The second-order valence-electron chi connectivity index (χ2n) is 5.73. The molecule has 1 atom stereocenters. The minimum Gasteiger partial charge on any atom is -0.411 e. The lowest BCUT2D eigenvalue weighted by Crippen LogP contribution is -2.43. The third-order valence-electron chi connectivity index (χ3n) is 3.28. The van der Waals surface area contributed by atoms with Crippen molar-refractivity contribution in [3.05, 3.63) is 12.2 Å². The summed E-state index contributed by atoms with van der Waals surface area (Å²) < 4.78 is 7.53. The Kier molecular flexibility index (Phi) is 7.45. The molecule has 1 nitrogen and oxygen atoms in total. The minimum atomic E-state index is -1.60. The zero-order chi connectivity index (χ0) is 12.8. The van der Waals surface area contributed by atoms with E-state index in [1.807, 2.05) is 0 Å². The molecule has 0 radical (unpaired) electrons.